The van der Waals surface area contributed by atoms with E-state index in [0.717, 1.165) is 22.8 Å². The molecular weight excluding hydrogens is 248 g/mol. The van der Waals surface area contributed by atoms with Gasteiger partial charge in [-0.05, 0) is 44.2 Å². The van der Waals surface area contributed by atoms with Crippen molar-refractivity contribution in [1.29, 1.82) is 10.5 Å². The van der Waals surface area contributed by atoms with Gasteiger partial charge in [-0.2, -0.15) is 10.5 Å². The summed E-state index contributed by atoms with van der Waals surface area (Å²) < 4.78 is 0. The van der Waals surface area contributed by atoms with Crippen LogP contribution in [0, 0.1) is 36.5 Å². The predicted molar refractivity (Wildman–Crippen MR) is 77.6 cm³/mol. The maximum absolute atomic E-state index is 9.31. The first-order valence-electron chi connectivity index (χ1n) is 6.19. The Morgan fingerprint density at radius 2 is 1.70 bits per heavy atom. The quantitative estimate of drug-likeness (QED) is 0.833. The highest BCUT2D eigenvalue weighted by molar-refractivity contribution is 5.70. The maximum Gasteiger partial charge on any atom is 0.103 e. The van der Waals surface area contributed by atoms with Crippen molar-refractivity contribution in [3.8, 4) is 12.1 Å². The largest absolute Gasteiger partial charge is 0.343 e. The predicted octanol–water partition coefficient (Wildman–Crippen LogP) is 3.21. The Morgan fingerprint density at radius 1 is 1.05 bits per heavy atom. The molecule has 0 aliphatic heterocycles. The van der Waals surface area contributed by atoms with Gasteiger partial charge in [0.1, 0.15) is 6.07 Å². The van der Waals surface area contributed by atoms with E-state index in [4.69, 9.17) is 5.26 Å². The molecule has 0 saturated heterocycles. The van der Waals surface area contributed by atoms with Crippen molar-refractivity contribution >= 4 is 11.4 Å². The third kappa shape index (κ3) is 2.46. The van der Waals surface area contributed by atoms with Gasteiger partial charge in [-0.3, -0.25) is 4.98 Å². The molecule has 0 atom stereocenters. The van der Waals surface area contributed by atoms with E-state index >= 15 is 0 Å². The van der Waals surface area contributed by atoms with Crippen LogP contribution in [0.1, 0.15) is 22.5 Å². The number of benzene rings is 1. The molecule has 0 radical (unpaired) electrons. The molecule has 0 spiro atoms. The molecular formula is C16H14N4. The molecule has 1 aromatic carbocycles. The molecule has 98 valence electrons. The van der Waals surface area contributed by atoms with Crippen LogP contribution >= 0.6 is 0 Å². The SMILES string of the molecule is Cc1cc(N(C)c2ccc(C#N)cc2)c(C#N)c(C)n1. The third-order valence-corrected chi connectivity index (χ3v) is 3.16. The fourth-order valence-electron chi connectivity index (χ4n) is 2.11. The van der Waals surface area contributed by atoms with Gasteiger partial charge in [0.25, 0.3) is 0 Å². The minimum absolute atomic E-state index is 0.572. The topological polar surface area (TPSA) is 63.7 Å². The summed E-state index contributed by atoms with van der Waals surface area (Å²) >= 11 is 0. The number of aromatic nitrogens is 1. The molecule has 0 fully saturated rings. The number of pyridine rings is 1. The highest BCUT2D eigenvalue weighted by Crippen LogP contribution is 2.28. The summed E-state index contributed by atoms with van der Waals surface area (Å²) in [7, 11) is 1.90. The van der Waals surface area contributed by atoms with E-state index in [-0.39, 0.29) is 0 Å². The summed E-state index contributed by atoms with van der Waals surface area (Å²) in [4.78, 5) is 6.25. The van der Waals surface area contributed by atoms with Crippen molar-refractivity contribution in [3.05, 3.63) is 52.8 Å². The lowest BCUT2D eigenvalue weighted by molar-refractivity contribution is 1.08. The minimum Gasteiger partial charge on any atom is -0.343 e. The van der Waals surface area contributed by atoms with E-state index in [9.17, 15) is 5.26 Å². The molecule has 1 heterocycles. The first kappa shape index (κ1) is 13.6. The van der Waals surface area contributed by atoms with Crippen molar-refractivity contribution in [2.24, 2.45) is 0 Å². The standard InChI is InChI=1S/C16H14N4/c1-11-8-16(15(10-18)12(2)19-11)20(3)14-6-4-13(9-17)5-7-14/h4-8H,1-3H3. The molecule has 2 rings (SSSR count). The Labute approximate surface area is 118 Å². The van der Waals surface area contributed by atoms with E-state index in [1.54, 1.807) is 12.1 Å². The Bertz CT molecular complexity index is 718. The van der Waals surface area contributed by atoms with Gasteiger partial charge < -0.3 is 4.90 Å². The van der Waals surface area contributed by atoms with E-state index < -0.39 is 0 Å². The molecule has 1 aromatic heterocycles. The molecule has 0 amide bonds. The van der Waals surface area contributed by atoms with Crippen LogP contribution in [-0.2, 0) is 0 Å². The van der Waals surface area contributed by atoms with E-state index in [1.807, 2.05) is 44.0 Å². The molecule has 0 unspecified atom stereocenters. The highest BCUT2D eigenvalue weighted by atomic mass is 15.1. The second-order valence-electron chi connectivity index (χ2n) is 4.57. The first-order chi connectivity index (χ1) is 9.56. The van der Waals surface area contributed by atoms with Crippen LogP contribution in [0.2, 0.25) is 0 Å². The minimum atomic E-state index is 0.572. The Hall–Kier alpha value is -2.85. The zero-order valence-electron chi connectivity index (χ0n) is 11.7. The summed E-state index contributed by atoms with van der Waals surface area (Å²) in [6.07, 6.45) is 0. The van der Waals surface area contributed by atoms with E-state index in [0.29, 0.717) is 11.1 Å². The Balaban J connectivity index is 2.50. The van der Waals surface area contributed by atoms with Gasteiger partial charge in [0.15, 0.2) is 0 Å². The smallest absolute Gasteiger partial charge is 0.103 e. The molecule has 0 aliphatic carbocycles. The second kappa shape index (κ2) is 5.42. The molecule has 0 aliphatic rings. The number of nitriles is 2. The van der Waals surface area contributed by atoms with Gasteiger partial charge in [0.2, 0.25) is 0 Å². The highest BCUT2D eigenvalue weighted by Gasteiger charge is 2.13. The first-order valence-corrected chi connectivity index (χ1v) is 6.19. The number of hydrogen-bond donors (Lipinski definition) is 0. The summed E-state index contributed by atoms with van der Waals surface area (Å²) in [5, 5.41) is 18.1. The number of aryl methyl sites for hydroxylation is 2. The maximum atomic E-state index is 9.31. The van der Waals surface area contributed by atoms with Crippen LogP contribution in [-0.4, -0.2) is 12.0 Å². The van der Waals surface area contributed by atoms with Crippen molar-refractivity contribution in [2.75, 3.05) is 11.9 Å². The monoisotopic (exact) mass is 262 g/mol. The molecule has 2 aromatic rings. The lowest BCUT2D eigenvalue weighted by atomic mass is 10.1. The normalized spacial score (nSPS) is 9.65. The molecule has 4 heteroatoms. The van der Waals surface area contributed by atoms with Crippen molar-refractivity contribution < 1.29 is 0 Å². The molecule has 4 nitrogen and oxygen atoms in total. The third-order valence-electron chi connectivity index (χ3n) is 3.16. The number of anilines is 2. The number of rotatable bonds is 2. The van der Waals surface area contributed by atoms with E-state index in [2.05, 4.69) is 17.1 Å². The van der Waals surface area contributed by atoms with Crippen molar-refractivity contribution in [3.63, 3.8) is 0 Å². The number of nitrogens with zero attached hydrogens (tertiary/aromatic N) is 4. The van der Waals surface area contributed by atoms with Gasteiger partial charge in [0.05, 0.1) is 28.6 Å². The van der Waals surface area contributed by atoms with Crippen molar-refractivity contribution in [1.82, 2.24) is 4.98 Å². The average molecular weight is 262 g/mol. The lowest BCUT2D eigenvalue weighted by Gasteiger charge is -2.21. The van der Waals surface area contributed by atoms with Crippen LogP contribution < -0.4 is 4.90 Å². The van der Waals surface area contributed by atoms with Gasteiger partial charge in [-0.15, -0.1) is 0 Å². The molecule has 0 N–H and O–H groups in total. The molecule has 0 bridgehead atoms. The van der Waals surface area contributed by atoms with Gasteiger partial charge >= 0.3 is 0 Å². The summed E-state index contributed by atoms with van der Waals surface area (Å²) in [6, 6.07) is 13.5. The summed E-state index contributed by atoms with van der Waals surface area (Å²) in [5.41, 5.74) is 4.53. The van der Waals surface area contributed by atoms with Gasteiger partial charge in [-0.1, -0.05) is 0 Å². The van der Waals surface area contributed by atoms with Gasteiger partial charge in [-0.25, -0.2) is 0 Å². The Morgan fingerprint density at radius 3 is 2.25 bits per heavy atom. The second-order valence-corrected chi connectivity index (χ2v) is 4.57. The fraction of sp³-hybridized carbons (Fsp3) is 0.188. The number of hydrogen-bond acceptors (Lipinski definition) is 4. The van der Waals surface area contributed by atoms with Crippen LogP contribution in [0.15, 0.2) is 30.3 Å². The van der Waals surface area contributed by atoms with Crippen LogP contribution in [0.3, 0.4) is 0 Å². The fourth-order valence-corrected chi connectivity index (χ4v) is 2.11. The van der Waals surface area contributed by atoms with Crippen LogP contribution in [0.4, 0.5) is 11.4 Å². The average Bonchev–Trinajstić information content (AvgIpc) is 2.46. The van der Waals surface area contributed by atoms with Crippen LogP contribution in [0.5, 0.6) is 0 Å². The van der Waals surface area contributed by atoms with Crippen molar-refractivity contribution in [2.45, 2.75) is 13.8 Å². The molecule has 20 heavy (non-hydrogen) atoms. The van der Waals surface area contributed by atoms with E-state index in [1.165, 1.54) is 0 Å². The zero-order valence-corrected chi connectivity index (χ0v) is 11.7. The Kier molecular flexibility index (Phi) is 3.68. The van der Waals surface area contributed by atoms with Gasteiger partial charge in [0, 0.05) is 18.4 Å². The summed E-state index contributed by atoms with van der Waals surface area (Å²) in [5.74, 6) is 0. The zero-order chi connectivity index (χ0) is 14.7. The lowest BCUT2D eigenvalue weighted by Crippen LogP contribution is -2.12. The van der Waals surface area contributed by atoms with Crippen LogP contribution in [0.25, 0.3) is 0 Å². The molecule has 0 saturated carbocycles. The summed E-state index contributed by atoms with van der Waals surface area (Å²) in [6.45, 7) is 3.74.